The Balaban J connectivity index is 2.40. The molecule has 0 N–H and O–H groups in total. The lowest BCUT2D eigenvalue weighted by Gasteiger charge is -2.17. The molecular formula is C13H17NO2. The second kappa shape index (κ2) is 4.56. The third-order valence-electron chi connectivity index (χ3n) is 2.53. The Morgan fingerprint density at radius 3 is 2.75 bits per heavy atom. The highest BCUT2D eigenvalue weighted by molar-refractivity contribution is 5.84. The molecule has 0 amide bonds. The number of fused-ring (bicyclic) bond motifs is 1. The summed E-state index contributed by atoms with van der Waals surface area (Å²) in [5.74, 6) is 1.60. The molecule has 0 spiro atoms. The van der Waals surface area contributed by atoms with Crippen molar-refractivity contribution in [2.45, 2.75) is 26.4 Å². The predicted octanol–water partition coefficient (Wildman–Crippen LogP) is 2.46. The number of hydrogen-bond acceptors (Lipinski definition) is 3. The minimum absolute atomic E-state index is 0.146. The fraction of sp³-hybridized carbons (Fsp3) is 0.462. The van der Waals surface area contributed by atoms with E-state index in [0.29, 0.717) is 0 Å². The molecule has 0 radical (unpaired) electrons. The number of rotatable bonds is 3. The standard InChI is InChI=1S/C13H17NO2/c1-9(2)16-13-7-11-8-14-5-4-10(11)6-12(13)15-3/h6-9H,4-5H2,1-3H3. The Labute approximate surface area is 96.1 Å². The molecule has 0 aromatic heterocycles. The quantitative estimate of drug-likeness (QED) is 0.781. The zero-order chi connectivity index (χ0) is 11.5. The van der Waals surface area contributed by atoms with Crippen molar-refractivity contribution < 1.29 is 9.47 Å². The largest absolute Gasteiger partial charge is 0.493 e. The van der Waals surface area contributed by atoms with Gasteiger partial charge >= 0.3 is 0 Å². The first-order valence-corrected chi connectivity index (χ1v) is 5.58. The summed E-state index contributed by atoms with van der Waals surface area (Å²) >= 11 is 0. The van der Waals surface area contributed by atoms with Crippen molar-refractivity contribution in [2.75, 3.05) is 13.7 Å². The van der Waals surface area contributed by atoms with Gasteiger partial charge < -0.3 is 9.47 Å². The molecule has 0 fully saturated rings. The fourth-order valence-electron chi connectivity index (χ4n) is 1.81. The number of hydrogen-bond donors (Lipinski definition) is 0. The monoisotopic (exact) mass is 219 g/mol. The Morgan fingerprint density at radius 2 is 2.06 bits per heavy atom. The summed E-state index contributed by atoms with van der Waals surface area (Å²) in [5.41, 5.74) is 2.42. The van der Waals surface area contributed by atoms with Crippen LogP contribution < -0.4 is 9.47 Å². The first kappa shape index (κ1) is 11.0. The number of ether oxygens (including phenoxy) is 2. The zero-order valence-electron chi connectivity index (χ0n) is 9.99. The Morgan fingerprint density at radius 1 is 1.25 bits per heavy atom. The van der Waals surface area contributed by atoms with Gasteiger partial charge in [0.25, 0.3) is 0 Å². The highest BCUT2D eigenvalue weighted by atomic mass is 16.5. The molecule has 0 atom stereocenters. The summed E-state index contributed by atoms with van der Waals surface area (Å²) in [6.45, 7) is 4.88. The molecule has 3 nitrogen and oxygen atoms in total. The summed E-state index contributed by atoms with van der Waals surface area (Å²) in [6, 6.07) is 4.06. The number of aliphatic imine (C=N–C) groups is 1. The molecule has 86 valence electrons. The fourth-order valence-corrected chi connectivity index (χ4v) is 1.81. The van der Waals surface area contributed by atoms with Crippen LogP contribution in [0.15, 0.2) is 17.1 Å². The smallest absolute Gasteiger partial charge is 0.162 e. The minimum Gasteiger partial charge on any atom is -0.493 e. The first-order chi connectivity index (χ1) is 7.70. The van der Waals surface area contributed by atoms with Gasteiger partial charge in [0.2, 0.25) is 0 Å². The molecule has 1 aromatic rings. The maximum absolute atomic E-state index is 5.72. The van der Waals surface area contributed by atoms with Gasteiger partial charge in [-0.1, -0.05) is 0 Å². The number of nitrogens with zero attached hydrogens (tertiary/aromatic N) is 1. The van der Waals surface area contributed by atoms with Crippen LogP contribution in [-0.2, 0) is 6.42 Å². The molecule has 0 aliphatic carbocycles. The van der Waals surface area contributed by atoms with Crippen molar-refractivity contribution in [1.82, 2.24) is 0 Å². The lowest BCUT2D eigenvalue weighted by Crippen LogP contribution is -2.09. The average molecular weight is 219 g/mol. The molecule has 0 unspecified atom stereocenters. The van der Waals surface area contributed by atoms with Crippen LogP contribution in [0, 0.1) is 0 Å². The van der Waals surface area contributed by atoms with Gasteiger partial charge in [-0.25, -0.2) is 0 Å². The third kappa shape index (κ3) is 2.18. The van der Waals surface area contributed by atoms with Gasteiger partial charge in [-0.2, -0.15) is 0 Å². The van der Waals surface area contributed by atoms with E-state index in [1.54, 1.807) is 7.11 Å². The normalized spacial score (nSPS) is 13.8. The Bertz CT molecular complexity index is 411. The van der Waals surface area contributed by atoms with E-state index in [1.165, 1.54) is 5.56 Å². The maximum Gasteiger partial charge on any atom is 0.162 e. The van der Waals surface area contributed by atoms with E-state index in [9.17, 15) is 0 Å². The van der Waals surface area contributed by atoms with Gasteiger partial charge in [-0.05, 0) is 43.5 Å². The van der Waals surface area contributed by atoms with Crippen molar-refractivity contribution in [2.24, 2.45) is 4.99 Å². The van der Waals surface area contributed by atoms with Crippen LogP contribution in [0.5, 0.6) is 11.5 Å². The van der Waals surface area contributed by atoms with Crippen molar-refractivity contribution in [3.8, 4) is 11.5 Å². The summed E-state index contributed by atoms with van der Waals surface area (Å²) < 4.78 is 11.1. The summed E-state index contributed by atoms with van der Waals surface area (Å²) in [5, 5.41) is 0. The van der Waals surface area contributed by atoms with Gasteiger partial charge in [0, 0.05) is 12.8 Å². The molecule has 2 rings (SSSR count). The van der Waals surface area contributed by atoms with Crippen molar-refractivity contribution >= 4 is 6.21 Å². The average Bonchev–Trinajstić information content (AvgIpc) is 2.27. The van der Waals surface area contributed by atoms with Crippen molar-refractivity contribution in [3.63, 3.8) is 0 Å². The van der Waals surface area contributed by atoms with E-state index >= 15 is 0 Å². The lowest BCUT2D eigenvalue weighted by atomic mass is 10.0. The van der Waals surface area contributed by atoms with Gasteiger partial charge in [-0.15, -0.1) is 0 Å². The molecule has 1 aromatic carbocycles. The second-order valence-corrected chi connectivity index (χ2v) is 4.15. The van der Waals surface area contributed by atoms with Crippen LogP contribution in [0.3, 0.4) is 0 Å². The second-order valence-electron chi connectivity index (χ2n) is 4.15. The van der Waals surface area contributed by atoms with Crippen molar-refractivity contribution in [1.29, 1.82) is 0 Å². The molecule has 0 saturated heterocycles. The SMILES string of the molecule is COc1cc2c(cc1OC(C)C)C=NCC2. The minimum atomic E-state index is 0.146. The molecule has 1 aliphatic rings. The Hall–Kier alpha value is -1.51. The molecule has 16 heavy (non-hydrogen) atoms. The molecule has 0 saturated carbocycles. The van der Waals surface area contributed by atoms with Gasteiger partial charge in [-0.3, -0.25) is 4.99 Å². The summed E-state index contributed by atoms with van der Waals surface area (Å²) in [4.78, 5) is 4.27. The molecule has 3 heteroatoms. The topological polar surface area (TPSA) is 30.8 Å². The predicted molar refractivity (Wildman–Crippen MR) is 64.9 cm³/mol. The van der Waals surface area contributed by atoms with E-state index in [2.05, 4.69) is 11.1 Å². The van der Waals surface area contributed by atoms with E-state index in [1.807, 2.05) is 26.1 Å². The maximum atomic E-state index is 5.72. The zero-order valence-corrected chi connectivity index (χ0v) is 9.99. The third-order valence-corrected chi connectivity index (χ3v) is 2.53. The van der Waals surface area contributed by atoms with Crippen LogP contribution in [0.25, 0.3) is 0 Å². The van der Waals surface area contributed by atoms with Crippen LogP contribution in [0.4, 0.5) is 0 Å². The summed E-state index contributed by atoms with van der Waals surface area (Å²) in [6.07, 6.45) is 3.03. The van der Waals surface area contributed by atoms with Crippen molar-refractivity contribution in [3.05, 3.63) is 23.3 Å². The van der Waals surface area contributed by atoms with Crippen LogP contribution >= 0.6 is 0 Å². The molecule has 1 aliphatic heterocycles. The van der Waals surface area contributed by atoms with Crippen LogP contribution in [0.2, 0.25) is 0 Å². The highest BCUT2D eigenvalue weighted by Gasteiger charge is 2.13. The van der Waals surface area contributed by atoms with E-state index < -0.39 is 0 Å². The van der Waals surface area contributed by atoms with E-state index in [4.69, 9.17) is 9.47 Å². The Kier molecular flexibility index (Phi) is 3.13. The lowest BCUT2D eigenvalue weighted by molar-refractivity contribution is 0.230. The van der Waals surface area contributed by atoms with E-state index in [0.717, 1.165) is 30.0 Å². The molecular weight excluding hydrogens is 202 g/mol. The highest BCUT2D eigenvalue weighted by Crippen LogP contribution is 2.32. The van der Waals surface area contributed by atoms with Crippen LogP contribution in [-0.4, -0.2) is 26.0 Å². The number of benzene rings is 1. The van der Waals surface area contributed by atoms with Crippen LogP contribution in [0.1, 0.15) is 25.0 Å². The van der Waals surface area contributed by atoms with Gasteiger partial charge in [0.05, 0.1) is 13.2 Å². The van der Waals surface area contributed by atoms with Gasteiger partial charge in [0.15, 0.2) is 11.5 Å². The molecule has 1 heterocycles. The van der Waals surface area contributed by atoms with E-state index in [-0.39, 0.29) is 6.10 Å². The number of methoxy groups -OCH3 is 1. The van der Waals surface area contributed by atoms with Gasteiger partial charge in [0.1, 0.15) is 0 Å². The first-order valence-electron chi connectivity index (χ1n) is 5.58. The molecule has 0 bridgehead atoms. The summed E-state index contributed by atoms with van der Waals surface area (Å²) in [7, 11) is 1.67.